The number of aromatic nitrogens is 4. The summed E-state index contributed by atoms with van der Waals surface area (Å²) in [7, 11) is -8.40. The van der Waals surface area contributed by atoms with Gasteiger partial charge >= 0.3 is 11.4 Å². The van der Waals surface area contributed by atoms with Crippen molar-refractivity contribution in [1.29, 1.82) is 0 Å². The summed E-state index contributed by atoms with van der Waals surface area (Å²) in [4.78, 5) is 36.8. The normalized spacial score (nSPS) is 16.3. The van der Waals surface area contributed by atoms with Crippen molar-refractivity contribution < 1.29 is 21.4 Å². The van der Waals surface area contributed by atoms with Crippen molar-refractivity contribution in [1.82, 2.24) is 14.4 Å². The Morgan fingerprint density at radius 3 is 1.88 bits per heavy atom. The third kappa shape index (κ3) is 2.16. The second-order valence-electron chi connectivity index (χ2n) is 12.9. The Kier molecular flexibility index (Phi) is 3.45. The summed E-state index contributed by atoms with van der Waals surface area (Å²) in [6, 6.07) is 20.4. The Hall–Kier alpha value is -5.98. The summed E-state index contributed by atoms with van der Waals surface area (Å²) < 4.78 is 61.6. The van der Waals surface area contributed by atoms with E-state index in [1.807, 2.05) is 12.1 Å². The molecule has 7 aromatic carbocycles. The van der Waals surface area contributed by atoms with Crippen molar-refractivity contribution in [2.45, 2.75) is 19.6 Å². The molecule has 10 nitrogen and oxygen atoms in total. The molecule has 1 N–H and O–H groups in total. The van der Waals surface area contributed by atoms with Crippen LogP contribution in [0.15, 0.2) is 102 Å². The molecule has 4 aliphatic heterocycles. The average Bonchev–Trinajstić information content (AvgIpc) is 3.78. The highest BCUT2D eigenvalue weighted by molar-refractivity contribution is 7.93. The van der Waals surface area contributed by atoms with Crippen molar-refractivity contribution in [2.24, 2.45) is 0 Å². The third-order valence-electron chi connectivity index (χ3n) is 10.9. The maximum absolute atomic E-state index is 14.7. The number of nitrogens with one attached hydrogen (secondary N) is 1. The van der Waals surface area contributed by atoms with Gasteiger partial charge in [-0.2, -0.15) is 0 Å². The number of nitrogens with zero attached hydrogens (tertiary/aromatic N) is 3. The lowest BCUT2D eigenvalue weighted by molar-refractivity contribution is -0.580. The molecule has 0 unspecified atom stereocenters. The summed E-state index contributed by atoms with van der Waals surface area (Å²) in [6.45, 7) is 0. The van der Waals surface area contributed by atoms with Crippen LogP contribution in [0.5, 0.6) is 0 Å². The maximum atomic E-state index is 14.7. The number of aromatic amines is 1. The van der Waals surface area contributed by atoms with Crippen LogP contribution in [0.2, 0.25) is 0 Å². The van der Waals surface area contributed by atoms with E-state index in [1.54, 1.807) is 48.5 Å². The van der Waals surface area contributed by atoms with Crippen LogP contribution in [-0.2, 0) is 19.7 Å². The minimum atomic E-state index is -4.20. The van der Waals surface area contributed by atoms with Crippen LogP contribution in [0.4, 0.5) is 0 Å². The number of hydrogen-bond donors (Lipinski definition) is 1. The molecule has 0 atom stereocenters. The summed E-state index contributed by atoms with van der Waals surface area (Å²) in [5.74, 6) is 0.297. The minimum absolute atomic E-state index is 0.0102. The first kappa shape index (κ1) is 24.2. The summed E-state index contributed by atoms with van der Waals surface area (Å²) >= 11 is 0. The molecule has 4 aliphatic rings. The predicted molar refractivity (Wildman–Crippen MR) is 179 cm³/mol. The van der Waals surface area contributed by atoms with E-state index in [0.29, 0.717) is 87.4 Å². The zero-order chi connectivity index (χ0) is 31.9. The molecule has 13 rings (SSSR count). The van der Waals surface area contributed by atoms with E-state index in [0.717, 1.165) is 0 Å². The molecule has 2 aromatic heterocycles. The zero-order valence-electron chi connectivity index (χ0n) is 24.0. The van der Waals surface area contributed by atoms with Crippen molar-refractivity contribution in [3.05, 3.63) is 93.5 Å². The van der Waals surface area contributed by atoms with Gasteiger partial charge in [0.05, 0.1) is 46.8 Å². The third-order valence-corrected chi connectivity index (χ3v) is 14.5. The van der Waals surface area contributed by atoms with Crippen LogP contribution in [0.25, 0.3) is 98.2 Å². The van der Waals surface area contributed by atoms with Crippen molar-refractivity contribution in [3.63, 3.8) is 0 Å². The number of rotatable bonds is 0. The van der Waals surface area contributed by atoms with E-state index in [-0.39, 0.29) is 30.4 Å². The quantitative estimate of drug-likeness (QED) is 0.138. The molecule has 0 saturated carbocycles. The van der Waals surface area contributed by atoms with Crippen LogP contribution < -0.4 is 15.7 Å². The molecular formula is C36H13N4O6S2+. The fourth-order valence-corrected chi connectivity index (χ4v) is 12.5. The van der Waals surface area contributed by atoms with E-state index in [2.05, 4.69) is 4.98 Å². The van der Waals surface area contributed by atoms with Gasteiger partial charge in [-0.05, 0) is 53.5 Å². The van der Waals surface area contributed by atoms with E-state index >= 15 is 0 Å². The predicted octanol–water partition coefficient (Wildman–Crippen LogP) is 4.93. The van der Waals surface area contributed by atoms with Gasteiger partial charge in [0, 0.05) is 48.5 Å². The fraction of sp³-hybridized carbons (Fsp3) is 0. The largest absolute Gasteiger partial charge is 0.347 e. The molecule has 0 fully saturated rings. The molecule has 0 saturated heterocycles. The number of para-hydroxylation sites is 4. The molecule has 0 amide bonds. The van der Waals surface area contributed by atoms with E-state index in [9.17, 15) is 26.4 Å². The number of H-pyrrole nitrogens is 1. The fourth-order valence-electron chi connectivity index (χ4n) is 9.08. The summed E-state index contributed by atoms with van der Waals surface area (Å²) in [6.07, 6.45) is 0. The van der Waals surface area contributed by atoms with Crippen LogP contribution in [0.3, 0.4) is 0 Å². The second kappa shape index (κ2) is 6.84. The molecule has 0 spiro atoms. The Morgan fingerprint density at radius 2 is 1.17 bits per heavy atom. The SMILES string of the molecule is O=c1c2cc3c4c5c(cc6c7nc8ccccc8[n+]-7c(=O)c7cc8c(c9c(cc(c2c49)c2[nH]c4ccccc4n12)S8(=O)=O)c5c67)S3(=O)=O. The van der Waals surface area contributed by atoms with E-state index in [4.69, 9.17) is 4.98 Å². The van der Waals surface area contributed by atoms with Gasteiger partial charge in [0.1, 0.15) is 5.65 Å². The smallest absolute Gasteiger partial charge is 0.339 e. The molecule has 0 aliphatic carbocycles. The van der Waals surface area contributed by atoms with Crippen LogP contribution in [0, 0.1) is 0 Å². The Morgan fingerprint density at radius 1 is 0.604 bits per heavy atom. The van der Waals surface area contributed by atoms with Gasteiger partial charge in [0.25, 0.3) is 5.56 Å². The van der Waals surface area contributed by atoms with Gasteiger partial charge in [0.2, 0.25) is 25.2 Å². The Balaban J connectivity index is 1.42. The molecule has 48 heavy (non-hydrogen) atoms. The Bertz CT molecular complexity index is 3730. The molecule has 9 aromatic rings. The topological polar surface area (TPSA) is 139 Å². The number of fused-ring (bicyclic) bond motifs is 8. The highest BCUT2D eigenvalue weighted by Gasteiger charge is 2.44. The first-order valence-electron chi connectivity index (χ1n) is 15.1. The van der Waals surface area contributed by atoms with Crippen molar-refractivity contribution >= 4 is 112 Å². The Labute approximate surface area is 265 Å². The van der Waals surface area contributed by atoms with Gasteiger partial charge in [-0.15, -0.1) is 4.57 Å². The second-order valence-corrected chi connectivity index (χ2v) is 16.7. The number of hydrogen-bond acceptors (Lipinski definition) is 7. The van der Waals surface area contributed by atoms with Gasteiger partial charge in [-0.3, -0.25) is 9.20 Å². The van der Waals surface area contributed by atoms with Gasteiger partial charge < -0.3 is 4.98 Å². The zero-order valence-corrected chi connectivity index (χ0v) is 25.7. The van der Waals surface area contributed by atoms with Crippen molar-refractivity contribution in [3.8, 4) is 5.82 Å². The lowest BCUT2D eigenvalue weighted by Crippen LogP contribution is -2.47. The van der Waals surface area contributed by atoms with E-state index < -0.39 is 30.8 Å². The minimum Gasteiger partial charge on any atom is -0.339 e. The molecule has 0 radical (unpaired) electrons. The first-order chi connectivity index (χ1) is 23.2. The molecule has 12 heteroatoms. The average molecular weight is 662 g/mol. The lowest BCUT2D eigenvalue weighted by atomic mass is 9.86. The molecule has 224 valence electrons. The van der Waals surface area contributed by atoms with Gasteiger partial charge in [-0.1, -0.05) is 24.3 Å². The summed E-state index contributed by atoms with van der Waals surface area (Å²) in [5, 5.41) is 4.64. The molecule has 0 bridgehead atoms. The van der Waals surface area contributed by atoms with Gasteiger partial charge in [0.15, 0.2) is 5.52 Å². The van der Waals surface area contributed by atoms with Crippen LogP contribution in [0.1, 0.15) is 0 Å². The number of imidazole rings is 2. The van der Waals surface area contributed by atoms with E-state index in [1.165, 1.54) is 21.1 Å². The number of benzene rings is 7. The number of pyridine rings is 2. The monoisotopic (exact) mass is 661 g/mol. The first-order valence-corrected chi connectivity index (χ1v) is 18.1. The maximum Gasteiger partial charge on any atom is 0.347 e. The van der Waals surface area contributed by atoms with Crippen LogP contribution >= 0.6 is 0 Å². The van der Waals surface area contributed by atoms with Gasteiger partial charge in [-0.25, -0.2) is 21.6 Å². The highest BCUT2D eigenvalue weighted by Crippen LogP contribution is 2.58. The highest BCUT2D eigenvalue weighted by atomic mass is 32.2. The molecular weight excluding hydrogens is 649 g/mol. The van der Waals surface area contributed by atoms with Crippen LogP contribution in [-0.4, -0.2) is 31.2 Å². The number of sulfone groups is 2. The van der Waals surface area contributed by atoms with Crippen molar-refractivity contribution in [2.75, 3.05) is 0 Å². The molecule has 6 heterocycles. The standard InChI is InChI=1S/C36H12N4O6S2/c41-35-15-11-23-29-28-22(48(23,45)46)10-14-26-16(36(42)40-20-8-4-2-6-18(20)38-34(14)40)12-24-30(32(26)28)27-21(47(24,43)44)9-13(25(15)31(27)29)33-37-17-5-1-3-7-19(17)39(33)35/h1-12H/p+1. The lowest BCUT2D eigenvalue weighted by Gasteiger charge is -2.16. The summed E-state index contributed by atoms with van der Waals surface area (Å²) in [5.41, 5.74) is 1.92.